The molecular formula is C14H11N3O. The van der Waals surface area contributed by atoms with Crippen molar-refractivity contribution in [1.82, 2.24) is 15.3 Å². The highest BCUT2D eigenvalue weighted by Crippen LogP contribution is 1.99. The third kappa shape index (κ3) is 2.92. The van der Waals surface area contributed by atoms with Crippen LogP contribution in [0.15, 0.2) is 42.6 Å². The summed E-state index contributed by atoms with van der Waals surface area (Å²) >= 11 is 0. The highest BCUT2D eigenvalue weighted by molar-refractivity contribution is 5.92. The van der Waals surface area contributed by atoms with Gasteiger partial charge in [-0.25, -0.2) is 9.97 Å². The minimum Gasteiger partial charge on any atom is -0.347 e. The molecule has 18 heavy (non-hydrogen) atoms. The number of benzene rings is 1. The van der Waals surface area contributed by atoms with Crippen LogP contribution < -0.4 is 5.32 Å². The summed E-state index contributed by atoms with van der Waals surface area (Å²) in [6, 6.07) is 11.2. The van der Waals surface area contributed by atoms with Crippen molar-refractivity contribution in [3.05, 3.63) is 59.7 Å². The van der Waals surface area contributed by atoms with Crippen LogP contribution in [0.25, 0.3) is 0 Å². The van der Waals surface area contributed by atoms with Crippen molar-refractivity contribution < 1.29 is 4.79 Å². The lowest BCUT2D eigenvalue weighted by Crippen LogP contribution is -2.24. The van der Waals surface area contributed by atoms with E-state index >= 15 is 0 Å². The Labute approximate surface area is 105 Å². The molecule has 0 aliphatic carbocycles. The topological polar surface area (TPSA) is 54.9 Å². The van der Waals surface area contributed by atoms with Gasteiger partial charge in [-0.2, -0.15) is 0 Å². The third-order valence-electron chi connectivity index (χ3n) is 2.31. The van der Waals surface area contributed by atoms with Crippen LogP contribution in [0.5, 0.6) is 0 Å². The molecule has 1 aromatic carbocycles. The first-order chi connectivity index (χ1) is 8.79. The molecular weight excluding hydrogens is 226 g/mol. The lowest BCUT2D eigenvalue weighted by Gasteiger charge is -2.04. The molecule has 0 radical (unpaired) electrons. The summed E-state index contributed by atoms with van der Waals surface area (Å²) in [5.41, 5.74) is 1.30. The molecule has 0 unspecified atom stereocenters. The number of carbonyl (C=O) groups is 1. The summed E-state index contributed by atoms with van der Waals surface area (Å²) in [6.07, 6.45) is 6.65. The van der Waals surface area contributed by atoms with Crippen LogP contribution >= 0.6 is 0 Å². The van der Waals surface area contributed by atoms with Gasteiger partial charge >= 0.3 is 0 Å². The average Bonchev–Trinajstić information content (AvgIpc) is 2.46. The van der Waals surface area contributed by atoms with Gasteiger partial charge < -0.3 is 5.32 Å². The first kappa shape index (κ1) is 11.8. The fraction of sp³-hybridized carbons (Fsp3) is 0.0714. The van der Waals surface area contributed by atoms with Crippen LogP contribution in [0.1, 0.15) is 21.9 Å². The fourth-order valence-electron chi connectivity index (χ4n) is 1.42. The molecule has 2 rings (SSSR count). The predicted octanol–water partition coefficient (Wildman–Crippen LogP) is 1.39. The van der Waals surface area contributed by atoms with Crippen molar-refractivity contribution >= 4 is 5.91 Å². The van der Waals surface area contributed by atoms with Gasteiger partial charge in [-0.05, 0) is 17.6 Å². The van der Waals surface area contributed by atoms with Crippen molar-refractivity contribution in [2.24, 2.45) is 0 Å². The van der Waals surface area contributed by atoms with Crippen LogP contribution in [-0.4, -0.2) is 15.9 Å². The Bertz CT molecular complexity index is 587. The van der Waals surface area contributed by atoms with Gasteiger partial charge in [0.25, 0.3) is 5.91 Å². The largest absolute Gasteiger partial charge is 0.347 e. The molecule has 1 aromatic heterocycles. The van der Waals surface area contributed by atoms with Crippen LogP contribution in [0.3, 0.4) is 0 Å². The quantitative estimate of drug-likeness (QED) is 0.821. The number of aromatic nitrogens is 2. The molecule has 0 saturated carbocycles. The van der Waals surface area contributed by atoms with Gasteiger partial charge in [-0.1, -0.05) is 30.3 Å². The molecule has 4 nitrogen and oxygen atoms in total. The van der Waals surface area contributed by atoms with E-state index in [1.807, 2.05) is 30.3 Å². The zero-order valence-corrected chi connectivity index (χ0v) is 9.63. The van der Waals surface area contributed by atoms with Crippen LogP contribution in [0.2, 0.25) is 0 Å². The van der Waals surface area contributed by atoms with E-state index in [0.29, 0.717) is 6.54 Å². The molecule has 0 bridgehead atoms. The number of nitrogens with zero attached hydrogens (tertiary/aromatic N) is 2. The highest BCUT2D eigenvalue weighted by Gasteiger charge is 2.07. The molecule has 0 aliphatic heterocycles. The number of nitrogens with one attached hydrogen (secondary N) is 1. The number of carbonyl (C=O) groups excluding carboxylic acids is 1. The van der Waals surface area contributed by atoms with Crippen molar-refractivity contribution in [2.45, 2.75) is 6.54 Å². The molecule has 1 amide bonds. The van der Waals surface area contributed by atoms with Gasteiger partial charge in [0.15, 0.2) is 0 Å². The smallest absolute Gasteiger partial charge is 0.270 e. The normalized spacial score (nSPS) is 9.50. The van der Waals surface area contributed by atoms with E-state index in [2.05, 4.69) is 21.2 Å². The van der Waals surface area contributed by atoms with E-state index in [-0.39, 0.29) is 17.4 Å². The van der Waals surface area contributed by atoms with E-state index in [1.165, 1.54) is 12.3 Å². The van der Waals surface area contributed by atoms with Crippen LogP contribution in [0.4, 0.5) is 0 Å². The third-order valence-corrected chi connectivity index (χ3v) is 2.31. The second kappa shape index (κ2) is 5.60. The van der Waals surface area contributed by atoms with Crippen molar-refractivity contribution in [2.75, 3.05) is 0 Å². The number of hydrogen-bond acceptors (Lipinski definition) is 3. The number of rotatable bonds is 3. The zero-order chi connectivity index (χ0) is 12.8. The van der Waals surface area contributed by atoms with Crippen molar-refractivity contribution in [3.8, 4) is 12.3 Å². The molecule has 0 saturated heterocycles. The van der Waals surface area contributed by atoms with Gasteiger partial charge in [0.2, 0.25) is 5.82 Å². The molecule has 2 aromatic rings. The van der Waals surface area contributed by atoms with E-state index in [4.69, 9.17) is 6.42 Å². The maximum absolute atomic E-state index is 11.8. The summed E-state index contributed by atoms with van der Waals surface area (Å²) in [6.45, 7) is 0.453. The highest BCUT2D eigenvalue weighted by atomic mass is 16.1. The van der Waals surface area contributed by atoms with Gasteiger partial charge in [-0.15, -0.1) is 6.42 Å². The Morgan fingerprint density at radius 1 is 1.28 bits per heavy atom. The van der Waals surface area contributed by atoms with Gasteiger partial charge in [0.05, 0.1) is 0 Å². The standard InChI is InChI=1S/C14H11N3O/c1-2-13-15-9-8-12(17-13)14(18)16-10-11-6-4-3-5-7-11/h1,3-9H,10H2,(H,16,18). The van der Waals surface area contributed by atoms with Crippen LogP contribution in [-0.2, 0) is 6.54 Å². The minimum absolute atomic E-state index is 0.211. The second-order valence-electron chi connectivity index (χ2n) is 3.58. The van der Waals surface area contributed by atoms with Gasteiger partial charge in [0.1, 0.15) is 5.69 Å². The zero-order valence-electron chi connectivity index (χ0n) is 9.63. The summed E-state index contributed by atoms with van der Waals surface area (Å²) in [5, 5.41) is 2.77. The Balaban J connectivity index is 2.02. The van der Waals surface area contributed by atoms with E-state index in [9.17, 15) is 4.79 Å². The second-order valence-corrected chi connectivity index (χ2v) is 3.58. The molecule has 1 heterocycles. The van der Waals surface area contributed by atoms with E-state index in [0.717, 1.165) is 5.56 Å². The molecule has 0 spiro atoms. The number of amides is 1. The first-order valence-electron chi connectivity index (χ1n) is 5.41. The maximum Gasteiger partial charge on any atom is 0.270 e. The molecule has 1 N–H and O–H groups in total. The Morgan fingerprint density at radius 3 is 2.78 bits per heavy atom. The summed E-state index contributed by atoms with van der Waals surface area (Å²) in [4.78, 5) is 19.6. The summed E-state index contributed by atoms with van der Waals surface area (Å²) < 4.78 is 0. The maximum atomic E-state index is 11.8. The average molecular weight is 237 g/mol. The Kier molecular flexibility index (Phi) is 3.67. The Morgan fingerprint density at radius 2 is 2.06 bits per heavy atom. The Hall–Kier alpha value is -2.67. The SMILES string of the molecule is C#Cc1nccc(C(=O)NCc2ccccc2)n1. The van der Waals surface area contributed by atoms with Gasteiger partial charge in [0, 0.05) is 12.7 Å². The van der Waals surface area contributed by atoms with Crippen molar-refractivity contribution in [1.29, 1.82) is 0 Å². The molecule has 0 fully saturated rings. The predicted molar refractivity (Wildman–Crippen MR) is 67.6 cm³/mol. The molecule has 0 atom stereocenters. The number of terminal acetylenes is 1. The van der Waals surface area contributed by atoms with Crippen molar-refractivity contribution in [3.63, 3.8) is 0 Å². The summed E-state index contributed by atoms with van der Waals surface area (Å²) in [5.74, 6) is 2.24. The molecule has 4 heteroatoms. The first-order valence-corrected chi connectivity index (χ1v) is 5.41. The molecule has 88 valence electrons. The lowest BCUT2D eigenvalue weighted by molar-refractivity contribution is 0.0945. The fourth-order valence-corrected chi connectivity index (χ4v) is 1.42. The lowest BCUT2D eigenvalue weighted by atomic mass is 10.2. The summed E-state index contributed by atoms with van der Waals surface area (Å²) in [7, 11) is 0. The van der Waals surface area contributed by atoms with E-state index < -0.39 is 0 Å². The van der Waals surface area contributed by atoms with Crippen LogP contribution in [0, 0.1) is 12.3 Å². The van der Waals surface area contributed by atoms with E-state index in [1.54, 1.807) is 0 Å². The molecule has 0 aliphatic rings. The monoisotopic (exact) mass is 237 g/mol. The number of hydrogen-bond donors (Lipinski definition) is 1. The van der Waals surface area contributed by atoms with Gasteiger partial charge in [-0.3, -0.25) is 4.79 Å². The minimum atomic E-state index is -0.266.